The smallest absolute Gasteiger partial charge is 0.291 e. The van der Waals surface area contributed by atoms with Crippen LogP contribution < -0.4 is 10.6 Å². The zero-order chi connectivity index (χ0) is 14.1. The lowest BCUT2D eigenvalue weighted by molar-refractivity contribution is -0.117. The predicted octanol–water partition coefficient (Wildman–Crippen LogP) is 2.33. The third-order valence-corrected chi connectivity index (χ3v) is 4.88. The first-order valence-corrected chi connectivity index (χ1v) is 7.63. The Balaban J connectivity index is 1.59. The number of nitrogens with one attached hydrogen (secondary N) is 2. The lowest BCUT2D eigenvalue weighted by atomic mass is 9.85. The summed E-state index contributed by atoms with van der Waals surface area (Å²) >= 11 is 0.722. The maximum atomic E-state index is 12.4. The van der Waals surface area contributed by atoms with Crippen molar-refractivity contribution in [2.75, 3.05) is 5.32 Å². The highest BCUT2D eigenvalue weighted by Gasteiger charge is 2.38. The SMILES string of the molecule is O=C(Nc1nnc(C(F)F)s1)C1CC2CCCCC2N1. The molecule has 1 saturated carbocycles. The summed E-state index contributed by atoms with van der Waals surface area (Å²) in [6, 6.07) is 0.174. The van der Waals surface area contributed by atoms with Gasteiger partial charge in [-0.2, -0.15) is 0 Å². The molecule has 0 aromatic carbocycles. The van der Waals surface area contributed by atoms with E-state index in [1.165, 1.54) is 12.8 Å². The molecule has 1 aromatic heterocycles. The molecule has 1 saturated heterocycles. The molecule has 1 aliphatic heterocycles. The number of rotatable bonds is 3. The van der Waals surface area contributed by atoms with Crippen molar-refractivity contribution in [2.45, 2.75) is 50.6 Å². The molecule has 2 fully saturated rings. The standard InChI is InChI=1S/C12H16F2N4OS/c13-9(14)11-17-18-12(20-11)16-10(19)8-5-6-3-1-2-4-7(6)15-8/h6-9,15H,1-5H2,(H,16,18,19). The van der Waals surface area contributed by atoms with Crippen LogP contribution in [0.2, 0.25) is 0 Å². The Morgan fingerprint density at radius 1 is 1.35 bits per heavy atom. The third kappa shape index (κ3) is 2.80. The summed E-state index contributed by atoms with van der Waals surface area (Å²) in [5, 5.41) is 12.6. The van der Waals surface area contributed by atoms with Crippen molar-refractivity contribution in [3.05, 3.63) is 5.01 Å². The van der Waals surface area contributed by atoms with Crippen molar-refractivity contribution >= 4 is 22.4 Å². The highest BCUT2D eigenvalue weighted by Crippen LogP contribution is 2.33. The summed E-state index contributed by atoms with van der Waals surface area (Å²) in [5.74, 6) is 0.363. The molecular weight excluding hydrogens is 286 g/mol. The average Bonchev–Trinajstić information content (AvgIpc) is 3.04. The molecule has 3 rings (SSSR count). The molecule has 1 aliphatic carbocycles. The molecule has 2 N–H and O–H groups in total. The van der Waals surface area contributed by atoms with Crippen molar-refractivity contribution < 1.29 is 13.6 Å². The van der Waals surface area contributed by atoms with Crippen LogP contribution in [0.25, 0.3) is 0 Å². The van der Waals surface area contributed by atoms with Gasteiger partial charge in [-0.3, -0.25) is 10.1 Å². The van der Waals surface area contributed by atoms with Crippen molar-refractivity contribution in [3.8, 4) is 0 Å². The molecule has 20 heavy (non-hydrogen) atoms. The summed E-state index contributed by atoms with van der Waals surface area (Å²) in [6.45, 7) is 0. The summed E-state index contributed by atoms with van der Waals surface area (Å²) in [6.07, 6.45) is 2.88. The Labute approximate surface area is 119 Å². The van der Waals surface area contributed by atoms with Gasteiger partial charge in [0.05, 0.1) is 6.04 Å². The number of carbonyl (C=O) groups excluding carboxylic acids is 1. The summed E-state index contributed by atoms with van der Waals surface area (Å²) in [5.41, 5.74) is 0. The van der Waals surface area contributed by atoms with Gasteiger partial charge >= 0.3 is 0 Å². The van der Waals surface area contributed by atoms with Crippen LogP contribution in [0.3, 0.4) is 0 Å². The Kier molecular flexibility index (Phi) is 3.93. The highest BCUT2D eigenvalue weighted by atomic mass is 32.1. The van der Waals surface area contributed by atoms with Crippen LogP contribution in [0, 0.1) is 5.92 Å². The molecule has 0 radical (unpaired) electrons. The molecule has 8 heteroatoms. The zero-order valence-corrected chi connectivity index (χ0v) is 11.6. The van der Waals surface area contributed by atoms with Gasteiger partial charge in [-0.15, -0.1) is 10.2 Å². The molecular formula is C12H16F2N4OS. The number of hydrogen-bond donors (Lipinski definition) is 2. The van der Waals surface area contributed by atoms with Gasteiger partial charge in [0, 0.05) is 6.04 Å². The molecule has 3 unspecified atom stereocenters. The second-order valence-corrected chi connectivity index (χ2v) is 6.35. The van der Waals surface area contributed by atoms with Gasteiger partial charge < -0.3 is 5.32 Å². The Hall–Kier alpha value is -1.15. The second-order valence-electron chi connectivity index (χ2n) is 5.34. The molecule has 1 aromatic rings. The summed E-state index contributed by atoms with van der Waals surface area (Å²) < 4.78 is 24.8. The topological polar surface area (TPSA) is 66.9 Å². The van der Waals surface area contributed by atoms with E-state index in [1.54, 1.807) is 0 Å². The van der Waals surface area contributed by atoms with Gasteiger partial charge in [-0.1, -0.05) is 24.2 Å². The second kappa shape index (κ2) is 5.69. The van der Waals surface area contributed by atoms with E-state index in [4.69, 9.17) is 0 Å². The average molecular weight is 302 g/mol. The van der Waals surface area contributed by atoms with Crippen LogP contribution in [0.1, 0.15) is 43.5 Å². The van der Waals surface area contributed by atoms with Gasteiger partial charge in [0.15, 0.2) is 5.01 Å². The Bertz CT molecular complexity index is 482. The number of amides is 1. The molecule has 2 heterocycles. The lowest BCUT2D eigenvalue weighted by Gasteiger charge is -2.24. The number of anilines is 1. The van der Waals surface area contributed by atoms with Crippen LogP contribution >= 0.6 is 11.3 Å². The first kappa shape index (κ1) is 13.8. The number of halogens is 2. The maximum Gasteiger partial charge on any atom is 0.291 e. The van der Waals surface area contributed by atoms with E-state index < -0.39 is 6.43 Å². The van der Waals surface area contributed by atoms with Gasteiger partial charge in [0.2, 0.25) is 11.0 Å². The maximum absolute atomic E-state index is 12.4. The number of aromatic nitrogens is 2. The van der Waals surface area contributed by atoms with E-state index >= 15 is 0 Å². The van der Waals surface area contributed by atoms with Crippen molar-refractivity contribution in [1.29, 1.82) is 0 Å². The van der Waals surface area contributed by atoms with Crippen LogP contribution in [0.5, 0.6) is 0 Å². The molecule has 1 amide bonds. The third-order valence-electron chi connectivity index (χ3n) is 4.04. The quantitative estimate of drug-likeness (QED) is 0.899. The molecule has 3 atom stereocenters. The summed E-state index contributed by atoms with van der Waals surface area (Å²) in [7, 11) is 0. The molecule has 110 valence electrons. The van der Waals surface area contributed by atoms with Crippen molar-refractivity contribution in [2.24, 2.45) is 5.92 Å². The molecule has 5 nitrogen and oxygen atoms in total. The van der Waals surface area contributed by atoms with E-state index in [0.29, 0.717) is 12.0 Å². The van der Waals surface area contributed by atoms with Gasteiger partial charge in [0.25, 0.3) is 6.43 Å². The first-order valence-electron chi connectivity index (χ1n) is 6.82. The van der Waals surface area contributed by atoms with Crippen molar-refractivity contribution in [1.82, 2.24) is 15.5 Å². The van der Waals surface area contributed by atoms with Crippen LogP contribution in [0.15, 0.2) is 0 Å². The highest BCUT2D eigenvalue weighted by molar-refractivity contribution is 7.15. The Morgan fingerprint density at radius 2 is 2.15 bits per heavy atom. The first-order chi connectivity index (χ1) is 9.63. The number of fused-ring (bicyclic) bond motifs is 1. The molecule has 0 spiro atoms. The van der Waals surface area contributed by atoms with Gasteiger partial charge in [-0.05, 0) is 25.2 Å². The minimum Gasteiger partial charge on any atom is -0.303 e. The van der Waals surface area contributed by atoms with E-state index in [1.807, 2.05) is 0 Å². The minimum absolute atomic E-state index is 0.141. The van der Waals surface area contributed by atoms with Gasteiger partial charge in [-0.25, -0.2) is 8.78 Å². The number of alkyl halides is 2. The van der Waals surface area contributed by atoms with E-state index in [-0.39, 0.29) is 22.1 Å². The number of nitrogens with zero attached hydrogens (tertiary/aromatic N) is 2. The predicted molar refractivity (Wildman–Crippen MR) is 70.8 cm³/mol. The van der Waals surface area contributed by atoms with E-state index in [2.05, 4.69) is 20.8 Å². The van der Waals surface area contributed by atoms with Crippen molar-refractivity contribution in [3.63, 3.8) is 0 Å². The summed E-state index contributed by atoms with van der Waals surface area (Å²) in [4.78, 5) is 12.1. The molecule has 2 aliphatic rings. The fourth-order valence-electron chi connectivity index (χ4n) is 3.09. The fraction of sp³-hybridized carbons (Fsp3) is 0.750. The lowest BCUT2D eigenvalue weighted by Crippen LogP contribution is -2.39. The van der Waals surface area contributed by atoms with Gasteiger partial charge in [0.1, 0.15) is 0 Å². The largest absolute Gasteiger partial charge is 0.303 e. The van der Waals surface area contributed by atoms with Crippen LogP contribution in [-0.2, 0) is 4.79 Å². The number of carbonyl (C=O) groups is 1. The molecule has 0 bridgehead atoms. The number of hydrogen-bond acceptors (Lipinski definition) is 5. The van der Waals surface area contributed by atoms with E-state index in [0.717, 1.165) is 30.6 Å². The van der Waals surface area contributed by atoms with Crippen LogP contribution in [-0.4, -0.2) is 28.2 Å². The zero-order valence-electron chi connectivity index (χ0n) is 10.8. The fourth-order valence-corrected chi connectivity index (χ4v) is 3.69. The normalized spacial score (nSPS) is 29.4. The Morgan fingerprint density at radius 3 is 2.85 bits per heavy atom. The minimum atomic E-state index is -2.65. The monoisotopic (exact) mass is 302 g/mol. The van der Waals surface area contributed by atoms with E-state index in [9.17, 15) is 13.6 Å². The van der Waals surface area contributed by atoms with Crippen LogP contribution in [0.4, 0.5) is 13.9 Å².